The molecule has 2 aromatic rings. The van der Waals surface area contributed by atoms with E-state index in [1.54, 1.807) is 19.1 Å². The molecule has 0 radical (unpaired) electrons. The Morgan fingerprint density at radius 3 is 2.45 bits per heavy atom. The van der Waals surface area contributed by atoms with Gasteiger partial charge in [0, 0.05) is 18.8 Å². The highest BCUT2D eigenvalue weighted by Gasteiger charge is 2.29. The highest BCUT2D eigenvalue weighted by Crippen LogP contribution is 2.31. The van der Waals surface area contributed by atoms with E-state index in [4.69, 9.17) is 9.47 Å². The van der Waals surface area contributed by atoms with Crippen molar-refractivity contribution in [2.75, 3.05) is 31.6 Å². The molecule has 0 unspecified atom stereocenters. The summed E-state index contributed by atoms with van der Waals surface area (Å²) in [7, 11) is -3.71. The maximum Gasteiger partial charge on any atom is 0.262 e. The van der Waals surface area contributed by atoms with Crippen molar-refractivity contribution < 1.29 is 22.7 Å². The van der Waals surface area contributed by atoms with Crippen molar-refractivity contribution in [3.63, 3.8) is 0 Å². The zero-order chi connectivity index (χ0) is 22.4. The number of amides is 1. The smallest absolute Gasteiger partial charge is 0.262 e. The zero-order valence-electron chi connectivity index (χ0n) is 18.3. The lowest BCUT2D eigenvalue weighted by Crippen LogP contribution is -2.35. The number of rotatable bonds is 8. The van der Waals surface area contributed by atoms with E-state index in [0.29, 0.717) is 31.1 Å². The van der Waals surface area contributed by atoms with Gasteiger partial charge >= 0.3 is 0 Å². The number of hydrogen-bond donors (Lipinski definition) is 1. The van der Waals surface area contributed by atoms with E-state index in [1.165, 1.54) is 10.4 Å². The molecule has 1 fully saturated rings. The molecule has 1 aliphatic heterocycles. The van der Waals surface area contributed by atoms with Crippen molar-refractivity contribution in [1.82, 2.24) is 4.31 Å². The molecule has 2 aromatic carbocycles. The second-order valence-corrected chi connectivity index (χ2v) is 9.57. The topological polar surface area (TPSA) is 84.9 Å². The minimum atomic E-state index is -3.71. The molecule has 0 atom stereocenters. The third kappa shape index (κ3) is 5.77. The molecule has 7 nitrogen and oxygen atoms in total. The largest absolute Gasteiger partial charge is 0.492 e. The fourth-order valence-electron chi connectivity index (χ4n) is 3.51. The monoisotopic (exact) mass is 446 g/mol. The summed E-state index contributed by atoms with van der Waals surface area (Å²) in [6, 6.07) is 10.5. The molecule has 1 amide bonds. The van der Waals surface area contributed by atoms with E-state index < -0.39 is 10.0 Å². The maximum atomic E-state index is 13.2. The number of ether oxygens (including phenoxy) is 2. The van der Waals surface area contributed by atoms with E-state index in [-0.39, 0.29) is 23.2 Å². The van der Waals surface area contributed by atoms with Crippen LogP contribution < -0.4 is 14.8 Å². The van der Waals surface area contributed by atoms with E-state index in [1.807, 2.05) is 32.0 Å². The van der Waals surface area contributed by atoms with Crippen molar-refractivity contribution >= 4 is 21.6 Å². The Bertz CT molecular complexity index is 1030. The van der Waals surface area contributed by atoms with Gasteiger partial charge in [0.05, 0.1) is 6.61 Å². The minimum absolute atomic E-state index is 0.0736. The first kappa shape index (κ1) is 23.1. The molecule has 0 spiro atoms. The second-order valence-electron chi connectivity index (χ2n) is 7.67. The summed E-state index contributed by atoms with van der Waals surface area (Å²) in [5.41, 5.74) is 2.36. The van der Waals surface area contributed by atoms with Crippen LogP contribution in [0.4, 0.5) is 5.69 Å². The Kier molecular flexibility index (Phi) is 7.56. The molecule has 1 aliphatic rings. The predicted octanol–water partition coefficient (Wildman–Crippen LogP) is 3.89. The van der Waals surface area contributed by atoms with E-state index in [0.717, 1.165) is 30.4 Å². The van der Waals surface area contributed by atoms with Crippen LogP contribution in [-0.2, 0) is 14.8 Å². The third-order valence-electron chi connectivity index (χ3n) is 5.16. The van der Waals surface area contributed by atoms with Crippen LogP contribution in [0, 0.1) is 13.8 Å². The zero-order valence-corrected chi connectivity index (χ0v) is 19.1. The number of nitrogens with one attached hydrogen (secondary N) is 1. The van der Waals surface area contributed by atoms with Gasteiger partial charge in [0.1, 0.15) is 16.4 Å². The molecular weight excluding hydrogens is 416 g/mol. The first-order valence-corrected chi connectivity index (χ1v) is 12.0. The second kappa shape index (κ2) is 10.2. The van der Waals surface area contributed by atoms with Gasteiger partial charge in [-0.15, -0.1) is 0 Å². The van der Waals surface area contributed by atoms with Crippen LogP contribution in [0.3, 0.4) is 0 Å². The standard InChI is InChI=1S/C23H30N2O5S/c1-4-29-20-11-10-19(15-22(20)31(27,28)25-12-6-5-7-13-25)24-23(26)16-30-21-14-17(2)8-9-18(21)3/h8-11,14-15H,4-7,12-13,16H2,1-3H3,(H,24,26). The summed E-state index contributed by atoms with van der Waals surface area (Å²) < 4.78 is 39.1. The molecule has 3 rings (SSSR count). The van der Waals surface area contributed by atoms with E-state index >= 15 is 0 Å². The summed E-state index contributed by atoms with van der Waals surface area (Å²) in [5, 5.41) is 2.73. The Hall–Kier alpha value is -2.58. The van der Waals surface area contributed by atoms with Gasteiger partial charge in [-0.2, -0.15) is 4.31 Å². The van der Waals surface area contributed by atoms with Crippen molar-refractivity contribution in [2.45, 2.75) is 44.9 Å². The van der Waals surface area contributed by atoms with Crippen molar-refractivity contribution in [3.8, 4) is 11.5 Å². The Balaban J connectivity index is 1.76. The Morgan fingerprint density at radius 2 is 1.74 bits per heavy atom. The lowest BCUT2D eigenvalue weighted by molar-refractivity contribution is -0.118. The highest BCUT2D eigenvalue weighted by molar-refractivity contribution is 7.89. The number of aryl methyl sites for hydroxylation is 2. The van der Waals surface area contributed by atoms with Gasteiger partial charge in [-0.3, -0.25) is 4.79 Å². The van der Waals surface area contributed by atoms with E-state index in [2.05, 4.69) is 5.32 Å². The lowest BCUT2D eigenvalue weighted by atomic mass is 10.1. The summed E-state index contributed by atoms with van der Waals surface area (Å²) in [5.74, 6) is 0.569. The van der Waals surface area contributed by atoms with Crippen LogP contribution in [0.1, 0.15) is 37.3 Å². The van der Waals surface area contributed by atoms with Crippen molar-refractivity contribution in [2.24, 2.45) is 0 Å². The first-order chi connectivity index (χ1) is 14.8. The number of hydrogen-bond acceptors (Lipinski definition) is 5. The molecule has 8 heteroatoms. The van der Waals surface area contributed by atoms with Gasteiger partial charge in [-0.25, -0.2) is 8.42 Å². The SMILES string of the molecule is CCOc1ccc(NC(=O)COc2cc(C)ccc2C)cc1S(=O)(=O)N1CCCCC1. The fourth-order valence-corrected chi connectivity index (χ4v) is 5.18. The number of sulfonamides is 1. The molecule has 0 bridgehead atoms. The minimum Gasteiger partial charge on any atom is -0.492 e. The van der Waals surface area contributed by atoms with Crippen LogP contribution in [0.2, 0.25) is 0 Å². The molecule has 0 aromatic heterocycles. The lowest BCUT2D eigenvalue weighted by Gasteiger charge is -2.27. The van der Waals surface area contributed by atoms with Gasteiger partial charge in [0.2, 0.25) is 10.0 Å². The summed E-state index contributed by atoms with van der Waals surface area (Å²) in [4.78, 5) is 12.5. The maximum absolute atomic E-state index is 13.2. The van der Waals surface area contributed by atoms with Gasteiger partial charge in [-0.05, 0) is 69.0 Å². The number of carbonyl (C=O) groups excluding carboxylic acids is 1. The molecule has 0 saturated carbocycles. The van der Waals surface area contributed by atoms with Gasteiger partial charge < -0.3 is 14.8 Å². The van der Waals surface area contributed by atoms with Crippen LogP contribution in [0.15, 0.2) is 41.3 Å². The van der Waals surface area contributed by atoms with Crippen molar-refractivity contribution in [1.29, 1.82) is 0 Å². The number of carbonyl (C=O) groups is 1. The number of benzene rings is 2. The average Bonchev–Trinajstić information content (AvgIpc) is 2.76. The van der Waals surface area contributed by atoms with Crippen LogP contribution in [0.5, 0.6) is 11.5 Å². The number of nitrogens with zero attached hydrogens (tertiary/aromatic N) is 1. The normalized spacial score (nSPS) is 14.8. The number of piperidine rings is 1. The molecular formula is C23H30N2O5S. The summed E-state index contributed by atoms with van der Waals surface area (Å²) in [6.07, 6.45) is 2.71. The summed E-state index contributed by atoms with van der Waals surface area (Å²) in [6.45, 7) is 6.83. The Labute approximate surface area is 184 Å². The van der Waals surface area contributed by atoms with E-state index in [9.17, 15) is 13.2 Å². The third-order valence-corrected chi connectivity index (χ3v) is 7.08. The summed E-state index contributed by atoms with van der Waals surface area (Å²) >= 11 is 0. The quantitative estimate of drug-likeness (QED) is 0.665. The van der Waals surface area contributed by atoms with Crippen molar-refractivity contribution in [3.05, 3.63) is 47.5 Å². The van der Waals surface area contributed by atoms with Gasteiger partial charge in [0.15, 0.2) is 6.61 Å². The molecule has 31 heavy (non-hydrogen) atoms. The highest BCUT2D eigenvalue weighted by atomic mass is 32.2. The molecule has 1 N–H and O–H groups in total. The first-order valence-electron chi connectivity index (χ1n) is 10.6. The molecule has 1 heterocycles. The predicted molar refractivity (Wildman–Crippen MR) is 120 cm³/mol. The van der Waals surface area contributed by atoms with Gasteiger partial charge in [0.25, 0.3) is 5.91 Å². The van der Waals surface area contributed by atoms with Crippen LogP contribution in [-0.4, -0.2) is 44.9 Å². The molecule has 168 valence electrons. The van der Waals surface area contributed by atoms with Crippen LogP contribution >= 0.6 is 0 Å². The molecule has 1 saturated heterocycles. The number of anilines is 1. The fraction of sp³-hybridized carbons (Fsp3) is 0.435. The average molecular weight is 447 g/mol. The Morgan fingerprint density at radius 1 is 1.00 bits per heavy atom. The van der Waals surface area contributed by atoms with Crippen LogP contribution in [0.25, 0.3) is 0 Å². The van der Waals surface area contributed by atoms with Gasteiger partial charge in [-0.1, -0.05) is 18.6 Å². The molecule has 0 aliphatic carbocycles.